The van der Waals surface area contributed by atoms with Crippen LogP contribution in [0, 0.1) is 24.6 Å². The van der Waals surface area contributed by atoms with E-state index in [4.69, 9.17) is 0 Å². The smallest absolute Gasteiger partial charge is 0.317 e. The van der Waals surface area contributed by atoms with Gasteiger partial charge in [0.05, 0.1) is 0 Å². The number of carbonyl (C=O) groups is 1. The molecule has 22 heavy (non-hydrogen) atoms. The lowest BCUT2D eigenvalue weighted by Crippen LogP contribution is -2.40. The van der Waals surface area contributed by atoms with Crippen molar-refractivity contribution in [3.63, 3.8) is 0 Å². The summed E-state index contributed by atoms with van der Waals surface area (Å²) in [6.45, 7) is 5.92. The molecule has 2 N–H and O–H groups in total. The lowest BCUT2D eigenvalue weighted by Gasteiger charge is -2.21. The van der Waals surface area contributed by atoms with Gasteiger partial charge in [-0.15, -0.1) is 0 Å². The SMILES string of the molecule is Cc1ccc(CNC(=O)N2CC[C@@H]3CNC[C@@H]3CC2)cc1F. The predicted molar refractivity (Wildman–Crippen MR) is 84.0 cm³/mol. The summed E-state index contributed by atoms with van der Waals surface area (Å²) < 4.78 is 13.5. The molecule has 2 heterocycles. The summed E-state index contributed by atoms with van der Waals surface area (Å²) >= 11 is 0. The number of amides is 2. The number of nitrogens with one attached hydrogen (secondary N) is 2. The number of urea groups is 1. The van der Waals surface area contributed by atoms with E-state index < -0.39 is 0 Å². The molecule has 2 aliphatic heterocycles. The number of halogens is 1. The quantitative estimate of drug-likeness (QED) is 0.880. The van der Waals surface area contributed by atoms with Crippen molar-refractivity contribution in [1.29, 1.82) is 0 Å². The highest BCUT2D eigenvalue weighted by Crippen LogP contribution is 2.27. The van der Waals surface area contributed by atoms with Gasteiger partial charge >= 0.3 is 6.03 Å². The Bertz CT molecular complexity index is 535. The summed E-state index contributed by atoms with van der Waals surface area (Å²) in [4.78, 5) is 14.2. The van der Waals surface area contributed by atoms with Gasteiger partial charge in [-0.25, -0.2) is 9.18 Å². The molecule has 2 aliphatic rings. The molecule has 0 aliphatic carbocycles. The minimum atomic E-state index is -0.221. The fourth-order valence-electron chi connectivity index (χ4n) is 3.46. The van der Waals surface area contributed by atoms with Gasteiger partial charge in [-0.2, -0.15) is 0 Å². The molecule has 0 saturated carbocycles. The number of likely N-dealkylation sites (tertiary alicyclic amines) is 1. The Kier molecular flexibility index (Phi) is 4.62. The first-order valence-corrected chi connectivity index (χ1v) is 8.12. The van der Waals surface area contributed by atoms with Crippen LogP contribution in [0.15, 0.2) is 18.2 Å². The molecule has 2 amide bonds. The van der Waals surface area contributed by atoms with Crippen LogP contribution in [0.4, 0.5) is 9.18 Å². The molecule has 1 aromatic carbocycles. The second-order valence-electron chi connectivity index (χ2n) is 6.49. The molecular formula is C17H24FN3O. The Morgan fingerprint density at radius 2 is 2.00 bits per heavy atom. The molecule has 0 aromatic heterocycles. The van der Waals surface area contributed by atoms with Crippen molar-refractivity contribution in [3.8, 4) is 0 Å². The largest absolute Gasteiger partial charge is 0.334 e. The molecule has 2 fully saturated rings. The number of hydrogen-bond donors (Lipinski definition) is 2. The zero-order valence-electron chi connectivity index (χ0n) is 13.1. The molecule has 1 aromatic rings. The van der Waals surface area contributed by atoms with Gasteiger partial charge in [0.1, 0.15) is 5.82 Å². The molecule has 120 valence electrons. The van der Waals surface area contributed by atoms with Crippen LogP contribution in [0.3, 0.4) is 0 Å². The molecular weight excluding hydrogens is 281 g/mol. The van der Waals surface area contributed by atoms with E-state index in [1.807, 2.05) is 11.0 Å². The van der Waals surface area contributed by atoms with Crippen molar-refractivity contribution in [2.45, 2.75) is 26.3 Å². The third-order valence-electron chi connectivity index (χ3n) is 4.99. The number of hydrogen-bond acceptors (Lipinski definition) is 2. The Morgan fingerprint density at radius 3 is 2.64 bits per heavy atom. The average Bonchev–Trinajstić information content (AvgIpc) is 2.87. The average molecular weight is 305 g/mol. The van der Waals surface area contributed by atoms with Crippen molar-refractivity contribution < 1.29 is 9.18 Å². The van der Waals surface area contributed by atoms with E-state index in [1.165, 1.54) is 6.07 Å². The molecule has 0 spiro atoms. The summed E-state index contributed by atoms with van der Waals surface area (Å²) in [5, 5.41) is 6.35. The maximum absolute atomic E-state index is 13.5. The zero-order valence-corrected chi connectivity index (χ0v) is 13.1. The highest BCUT2D eigenvalue weighted by Gasteiger charge is 2.31. The van der Waals surface area contributed by atoms with Crippen molar-refractivity contribution in [2.24, 2.45) is 11.8 Å². The first kappa shape index (κ1) is 15.3. The van der Waals surface area contributed by atoms with Crippen LogP contribution >= 0.6 is 0 Å². The van der Waals surface area contributed by atoms with Crippen molar-refractivity contribution in [3.05, 3.63) is 35.1 Å². The number of fused-ring (bicyclic) bond motifs is 1. The topological polar surface area (TPSA) is 44.4 Å². The van der Waals surface area contributed by atoms with Gasteiger partial charge in [-0.1, -0.05) is 12.1 Å². The molecule has 3 rings (SSSR count). The van der Waals surface area contributed by atoms with E-state index in [-0.39, 0.29) is 11.8 Å². The van der Waals surface area contributed by atoms with Crippen molar-refractivity contribution in [2.75, 3.05) is 26.2 Å². The summed E-state index contributed by atoms with van der Waals surface area (Å²) in [6, 6.07) is 5.07. The molecule has 5 heteroatoms. The molecule has 4 nitrogen and oxygen atoms in total. The van der Waals surface area contributed by atoms with E-state index in [0.29, 0.717) is 23.9 Å². The second-order valence-corrected chi connectivity index (χ2v) is 6.49. The molecule has 0 radical (unpaired) electrons. The fraction of sp³-hybridized carbons (Fsp3) is 0.588. The van der Waals surface area contributed by atoms with Crippen LogP contribution < -0.4 is 10.6 Å². The summed E-state index contributed by atoms with van der Waals surface area (Å²) in [7, 11) is 0. The molecule has 2 saturated heterocycles. The minimum absolute atomic E-state index is 0.0334. The fourth-order valence-corrected chi connectivity index (χ4v) is 3.46. The van der Waals surface area contributed by atoms with Crippen molar-refractivity contribution >= 4 is 6.03 Å². The maximum atomic E-state index is 13.5. The first-order valence-electron chi connectivity index (χ1n) is 8.12. The molecule has 0 bridgehead atoms. The van der Waals surface area contributed by atoms with Crippen LogP contribution in [-0.4, -0.2) is 37.1 Å². The standard InChI is InChI=1S/C17H24FN3O/c1-12-2-3-13(8-16(12)18)9-20-17(22)21-6-4-14-10-19-11-15(14)5-7-21/h2-3,8,14-15,19H,4-7,9-11H2,1H3,(H,20,22)/t14-,15+. The lowest BCUT2D eigenvalue weighted by molar-refractivity contribution is 0.198. The van der Waals surface area contributed by atoms with E-state index >= 15 is 0 Å². The highest BCUT2D eigenvalue weighted by atomic mass is 19.1. The van der Waals surface area contributed by atoms with Crippen LogP contribution in [-0.2, 0) is 6.54 Å². The van der Waals surface area contributed by atoms with Gasteiger partial charge in [0, 0.05) is 19.6 Å². The van der Waals surface area contributed by atoms with Gasteiger partial charge in [0.2, 0.25) is 0 Å². The predicted octanol–water partition coefficient (Wildman–Crippen LogP) is 2.28. The van der Waals surface area contributed by atoms with Gasteiger partial charge in [-0.3, -0.25) is 0 Å². The Labute approximate surface area is 131 Å². The number of rotatable bonds is 2. The van der Waals surface area contributed by atoms with E-state index in [9.17, 15) is 9.18 Å². The van der Waals surface area contributed by atoms with Gasteiger partial charge < -0.3 is 15.5 Å². The Morgan fingerprint density at radius 1 is 1.32 bits per heavy atom. The summed E-state index contributed by atoms with van der Waals surface area (Å²) in [5.41, 5.74) is 1.43. The highest BCUT2D eigenvalue weighted by molar-refractivity contribution is 5.74. The minimum Gasteiger partial charge on any atom is -0.334 e. The molecule has 2 atom stereocenters. The van der Waals surface area contributed by atoms with Crippen LogP contribution in [0.2, 0.25) is 0 Å². The lowest BCUT2D eigenvalue weighted by atomic mass is 9.92. The monoisotopic (exact) mass is 305 g/mol. The maximum Gasteiger partial charge on any atom is 0.317 e. The number of aryl methyl sites for hydroxylation is 1. The summed E-state index contributed by atoms with van der Waals surface area (Å²) in [5.74, 6) is 1.20. The van der Waals surface area contributed by atoms with Crippen LogP contribution in [0.25, 0.3) is 0 Å². The van der Waals surface area contributed by atoms with Crippen LogP contribution in [0.5, 0.6) is 0 Å². The van der Waals surface area contributed by atoms with E-state index in [1.54, 1.807) is 13.0 Å². The number of carbonyl (C=O) groups excluding carboxylic acids is 1. The number of nitrogens with zero attached hydrogens (tertiary/aromatic N) is 1. The Hall–Kier alpha value is -1.62. The van der Waals surface area contributed by atoms with Crippen molar-refractivity contribution in [1.82, 2.24) is 15.5 Å². The normalized spacial score (nSPS) is 24.7. The molecule has 0 unspecified atom stereocenters. The van der Waals surface area contributed by atoms with E-state index in [0.717, 1.165) is 44.6 Å². The van der Waals surface area contributed by atoms with Gasteiger partial charge in [0.15, 0.2) is 0 Å². The number of benzene rings is 1. The Balaban J connectivity index is 1.52. The second kappa shape index (κ2) is 6.65. The van der Waals surface area contributed by atoms with Gasteiger partial charge in [0.25, 0.3) is 0 Å². The van der Waals surface area contributed by atoms with Crippen LogP contribution in [0.1, 0.15) is 24.0 Å². The van der Waals surface area contributed by atoms with Gasteiger partial charge in [-0.05, 0) is 61.9 Å². The third-order valence-corrected chi connectivity index (χ3v) is 4.99. The first-order chi connectivity index (χ1) is 10.6. The zero-order chi connectivity index (χ0) is 15.5. The van der Waals surface area contributed by atoms with E-state index in [2.05, 4.69) is 10.6 Å². The third kappa shape index (κ3) is 3.40. The summed E-state index contributed by atoms with van der Waals surface area (Å²) in [6.07, 6.45) is 2.15.